The molecule has 9 saturated heterocycles. The fraction of sp³-hybridized carbons (Fsp3) is 0.971. The van der Waals surface area contributed by atoms with E-state index < -0.39 is 33.3 Å². The molecule has 0 aromatic rings. The van der Waals surface area contributed by atoms with Gasteiger partial charge in [0.2, 0.25) is 0 Å². The maximum atomic E-state index is 11.8. The summed E-state index contributed by atoms with van der Waals surface area (Å²) in [6, 6.07) is 5.02. The lowest BCUT2D eigenvalue weighted by Crippen LogP contribution is -2.44. The first-order valence-electron chi connectivity index (χ1n) is 36.6. The zero-order chi connectivity index (χ0) is 64.6. The van der Waals surface area contributed by atoms with Gasteiger partial charge in [-0.05, 0) is 203 Å². The molecule has 17 unspecified atom stereocenters. The fourth-order valence-corrected chi connectivity index (χ4v) is 32.0. The van der Waals surface area contributed by atoms with Gasteiger partial charge in [-0.3, -0.25) is 9.59 Å². The molecule has 0 spiro atoms. The van der Waals surface area contributed by atoms with Crippen molar-refractivity contribution in [1.82, 2.24) is 0 Å². The van der Waals surface area contributed by atoms with Gasteiger partial charge in [-0.15, -0.1) is 0 Å². The van der Waals surface area contributed by atoms with Gasteiger partial charge in [0.25, 0.3) is 0 Å². The van der Waals surface area contributed by atoms with Crippen molar-refractivity contribution in [2.24, 2.45) is 23.7 Å². The Balaban J connectivity index is 0.000000135. The highest BCUT2D eigenvalue weighted by atomic mass is 28.4. The second-order valence-corrected chi connectivity index (χ2v) is 49.3. The summed E-state index contributed by atoms with van der Waals surface area (Å²) in [5.74, 6) is 2.40. The topological polar surface area (TPSA) is 230 Å². The van der Waals surface area contributed by atoms with Crippen LogP contribution in [0.25, 0.3) is 0 Å². The van der Waals surface area contributed by atoms with Gasteiger partial charge < -0.3 is 84.0 Å². The minimum Gasteiger partial charge on any atom is -0.465 e. The minimum atomic E-state index is -1.59. The Bertz CT molecular complexity index is 2040. The summed E-state index contributed by atoms with van der Waals surface area (Å²) >= 11 is 0. The van der Waals surface area contributed by atoms with Gasteiger partial charge in [0, 0.05) is 26.1 Å². The van der Waals surface area contributed by atoms with Crippen LogP contribution in [0.4, 0.5) is 0 Å². The first kappa shape index (κ1) is 73.9. The Morgan fingerprint density at radius 1 is 0.370 bits per heavy atom. The van der Waals surface area contributed by atoms with Crippen molar-refractivity contribution < 1.29 is 93.6 Å². The molecule has 0 aromatic heterocycles. The summed E-state index contributed by atoms with van der Waals surface area (Å²) in [6.07, 6.45) is 27.4. The lowest BCUT2D eigenvalue weighted by molar-refractivity contribution is -0.147. The highest BCUT2D eigenvalue weighted by molar-refractivity contribution is 6.85. The van der Waals surface area contributed by atoms with E-state index >= 15 is 0 Å². The summed E-state index contributed by atoms with van der Waals surface area (Å²) in [5.41, 5.74) is 0. The quantitative estimate of drug-likeness (QED) is 0.0239. The van der Waals surface area contributed by atoms with Crippen LogP contribution in [-0.2, 0) is 93.6 Å². The van der Waals surface area contributed by atoms with Crippen molar-refractivity contribution >= 4 is 45.2 Å². The molecule has 0 amide bonds. The van der Waals surface area contributed by atoms with E-state index in [1.165, 1.54) is 75.5 Å². The van der Waals surface area contributed by atoms with Gasteiger partial charge >= 0.3 is 11.9 Å². The third kappa shape index (κ3) is 30.7. The second-order valence-electron chi connectivity index (χ2n) is 31.6. The van der Waals surface area contributed by atoms with Crippen LogP contribution in [0.15, 0.2) is 0 Å². The minimum absolute atomic E-state index is 0.0355. The Hall–Kier alpha value is -0.832. The Morgan fingerprint density at radius 3 is 1.03 bits per heavy atom. The average molecular weight is 1370 g/mol. The number of carbonyl (C=O) groups is 2. The van der Waals surface area contributed by atoms with E-state index in [0.717, 1.165) is 123 Å². The van der Waals surface area contributed by atoms with Gasteiger partial charge in [0.05, 0.1) is 141 Å². The van der Waals surface area contributed by atoms with Crippen molar-refractivity contribution in [1.29, 1.82) is 0 Å². The van der Waals surface area contributed by atoms with Crippen LogP contribution in [0, 0.1) is 23.7 Å². The van der Waals surface area contributed by atoms with E-state index in [0.29, 0.717) is 145 Å². The van der Waals surface area contributed by atoms with E-state index in [-0.39, 0.29) is 36.4 Å². The van der Waals surface area contributed by atoms with Crippen LogP contribution >= 0.6 is 0 Å². The van der Waals surface area contributed by atoms with Gasteiger partial charge in [-0.1, -0.05) is 12.8 Å². The molecule has 92 heavy (non-hydrogen) atoms. The molecule has 4 saturated carbocycles. The predicted octanol–water partition coefficient (Wildman–Crippen LogP) is 10.7. The zero-order valence-corrected chi connectivity index (χ0v) is 61.8. The second kappa shape index (κ2) is 36.0. The number of fused-ring (bicyclic) bond motifs is 4. The Labute approximate surface area is 556 Å². The highest BCUT2D eigenvalue weighted by Crippen LogP contribution is 2.44. The number of epoxide rings is 9. The number of ether oxygens (including phenoxy) is 16. The van der Waals surface area contributed by atoms with Crippen LogP contribution in [0.5, 0.6) is 0 Å². The maximum Gasteiger partial charge on any atom is 0.305 e. The molecular weight excluding hydrogens is 1250 g/mol. The van der Waals surface area contributed by atoms with Crippen LogP contribution in [-0.4, -0.2) is 236 Å². The van der Waals surface area contributed by atoms with Crippen molar-refractivity contribution in [3.05, 3.63) is 0 Å². The molecule has 9 aliphatic heterocycles. The molecule has 530 valence electrons. The largest absolute Gasteiger partial charge is 0.465 e. The van der Waals surface area contributed by atoms with Crippen LogP contribution < -0.4 is 0 Å². The van der Waals surface area contributed by atoms with Crippen LogP contribution in [0.2, 0.25) is 76.6 Å². The van der Waals surface area contributed by atoms with Crippen LogP contribution in [0.3, 0.4) is 0 Å². The number of carbonyl (C=O) groups excluding carboxylic acids is 2. The van der Waals surface area contributed by atoms with Crippen LogP contribution in [0.1, 0.15) is 128 Å². The Morgan fingerprint density at radius 2 is 0.685 bits per heavy atom. The number of hydrogen-bond donors (Lipinski definition) is 0. The number of esters is 2. The number of unbranched alkanes of at least 4 members (excludes halogenated alkanes) is 1. The van der Waals surface area contributed by atoms with E-state index in [1.807, 2.05) is 0 Å². The molecule has 17 atom stereocenters. The maximum absolute atomic E-state index is 11.8. The molecule has 9 heterocycles. The van der Waals surface area contributed by atoms with Gasteiger partial charge in [-0.25, -0.2) is 0 Å². The molecule has 13 aliphatic rings. The molecule has 13 rings (SSSR count). The highest BCUT2D eigenvalue weighted by Gasteiger charge is 2.48. The molecule has 4 aliphatic carbocycles. The van der Waals surface area contributed by atoms with Gasteiger partial charge in [-0.2, -0.15) is 0 Å². The molecule has 24 heteroatoms. The average Bonchev–Trinajstić information content (AvgIpc) is 1.87. The SMILES string of the molecule is C(OCC1CO1)C(COCC1CO1)OCC1CO1.C[Si](C)(CCC1CCC2OC2C1)O[Si](C)(C)CCC1CCC2OC2C1.C[Si](C)(CCCOCC1CO1)O[Si](C)(C)CCCOCC1CO1.O=C(CCCCC(=O)OCC1CCC2OC2C1)OCC1CCC2OC2C1. The summed E-state index contributed by atoms with van der Waals surface area (Å²) in [7, 11) is -6.23. The zero-order valence-electron chi connectivity index (χ0n) is 57.8. The normalized spacial score (nSPS) is 34.2. The van der Waals surface area contributed by atoms with E-state index in [9.17, 15) is 9.59 Å². The summed E-state index contributed by atoms with van der Waals surface area (Å²) in [4.78, 5) is 23.6. The first-order valence-corrected chi connectivity index (χ1v) is 49.0. The van der Waals surface area contributed by atoms with E-state index in [2.05, 4.69) is 52.4 Å². The van der Waals surface area contributed by atoms with Crippen molar-refractivity contribution in [2.75, 3.05) is 106 Å². The molecular formula is C68H122O20Si4. The summed E-state index contributed by atoms with van der Waals surface area (Å²) in [6.45, 7) is 30.6. The van der Waals surface area contributed by atoms with Crippen molar-refractivity contribution in [3.8, 4) is 0 Å². The standard InChI is InChI=1S/C20H30O6.C20H38O3Si2.C16H34O5Si2.C12H20O6/c21-19(23-11-13-5-7-15-17(9-13)25-15)3-1-2-4-20(22)24-12-14-6-8-16-18(10-14)26-16;1-24(2,11-9-15-5-7-17-19(13-15)21-17)23-25(3,4)12-10-16-6-8-18-20(14-16)22-18;1-22(2,9-5-7-17-11-15-13-19-15)21-23(3,4)10-6-8-18-12-16-14-20-16;1(13-3-10-5-16-10)9(15-7-12-8-18-12)2-14-4-11-6-17-11/h13-18H,1-12H2;15-20H,5-14H2,1-4H3;15-16H,5-14H2,1-4H3;9-12H,1-8H2. The van der Waals surface area contributed by atoms with Gasteiger partial charge in [0.1, 0.15) is 36.6 Å². The fourth-order valence-electron chi connectivity index (χ4n) is 14.2. The molecule has 0 radical (unpaired) electrons. The molecule has 0 N–H and O–H groups in total. The van der Waals surface area contributed by atoms with Gasteiger partial charge in [0.15, 0.2) is 33.3 Å². The third-order valence-electron chi connectivity index (χ3n) is 20.3. The first-order chi connectivity index (χ1) is 44.2. The van der Waals surface area contributed by atoms with E-state index in [1.54, 1.807) is 0 Å². The predicted molar refractivity (Wildman–Crippen MR) is 356 cm³/mol. The smallest absolute Gasteiger partial charge is 0.305 e. The Kier molecular flexibility index (Phi) is 28.9. The molecule has 0 bridgehead atoms. The summed E-state index contributed by atoms with van der Waals surface area (Å²) in [5, 5.41) is 0. The molecule has 20 nitrogen and oxygen atoms in total. The lowest BCUT2D eigenvalue weighted by Gasteiger charge is -2.36. The van der Waals surface area contributed by atoms with Crippen molar-refractivity contribution in [2.45, 2.75) is 290 Å². The lowest BCUT2D eigenvalue weighted by atomic mass is 9.88. The monoisotopic (exact) mass is 1370 g/mol. The number of hydrogen-bond acceptors (Lipinski definition) is 20. The van der Waals surface area contributed by atoms with Crippen molar-refractivity contribution in [3.63, 3.8) is 0 Å². The van der Waals surface area contributed by atoms with E-state index in [4.69, 9.17) is 84.0 Å². The number of rotatable bonds is 42. The summed E-state index contributed by atoms with van der Waals surface area (Å²) < 4.78 is 100. The molecule has 13 fully saturated rings. The third-order valence-corrected chi connectivity index (χ3v) is 35.3. The molecule has 0 aromatic carbocycles.